The number of hydrogen-bond donors (Lipinski definition) is 1. The molecule has 1 unspecified atom stereocenters. The predicted molar refractivity (Wildman–Crippen MR) is 72.7 cm³/mol. The number of alkyl halides is 3. The lowest BCUT2D eigenvalue weighted by molar-refractivity contribution is -0.138. The van der Waals surface area contributed by atoms with Gasteiger partial charge in [-0.1, -0.05) is 15.9 Å². The molecule has 2 amide bonds. The fourth-order valence-electron chi connectivity index (χ4n) is 2.08. The van der Waals surface area contributed by atoms with E-state index >= 15 is 0 Å². The summed E-state index contributed by atoms with van der Waals surface area (Å²) in [4.78, 5) is 25.1. The molecule has 4 nitrogen and oxygen atoms in total. The average molecular weight is 365 g/mol. The van der Waals surface area contributed by atoms with E-state index < -0.39 is 23.7 Å². The minimum atomic E-state index is -4.56. The Balaban J connectivity index is 2.19. The number of hydrogen-bond acceptors (Lipinski definition) is 2. The number of carbonyl (C=O) groups is 2. The molecule has 21 heavy (non-hydrogen) atoms. The topological polar surface area (TPSA) is 49.4 Å². The van der Waals surface area contributed by atoms with Gasteiger partial charge in [-0.2, -0.15) is 13.2 Å². The molecule has 1 atom stereocenters. The van der Waals surface area contributed by atoms with Gasteiger partial charge in [-0.3, -0.25) is 9.59 Å². The molecule has 8 heteroatoms. The lowest BCUT2D eigenvalue weighted by atomic mass is 10.1. The van der Waals surface area contributed by atoms with E-state index in [1.165, 1.54) is 17.0 Å². The summed E-state index contributed by atoms with van der Waals surface area (Å²) in [7, 11) is 1.61. The number of nitrogens with zero attached hydrogens (tertiary/aromatic N) is 1. The van der Waals surface area contributed by atoms with Gasteiger partial charge in [0.2, 0.25) is 5.91 Å². The predicted octanol–water partition coefficient (Wildman–Crippen LogP) is 2.43. The maximum absolute atomic E-state index is 12.8. The Kier molecular flexibility index (Phi) is 4.27. The van der Waals surface area contributed by atoms with Crippen molar-refractivity contribution in [2.24, 2.45) is 0 Å². The monoisotopic (exact) mass is 364 g/mol. The molecule has 0 spiro atoms. The minimum absolute atomic E-state index is 0.132. The van der Waals surface area contributed by atoms with E-state index in [0.29, 0.717) is 13.0 Å². The molecular formula is C13H12BrF3N2O2. The van der Waals surface area contributed by atoms with Crippen LogP contribution in [0.2, 0.25) is 0 Å². The van der Waals surface area contributed by atoms with Crippen molar-refractivity contribution in [3.8, 4) is 0 Å². The van der Waals surface area contributed by atoms with Crippen LogP contribution in [0.3, 0.4) is 0 Å². The maximum Gasteiger partial charge on any atom is 0.417 e. The summed E-state index contributed by atoms with van der Waals surface area (Å²) in [5.41, 5.74) is -1.06. The number of halogens is 4. The van der Waals surface area contributed by atoms with Gasteiger partial charge >= 0.3 is 6.18 Å². The second-order valence-corrected chi connectivity index (χ2v) is 5.62. The molecule has 1 aliphatic rings. The van der Waals surface area contributed by atoms with Crippen molar-refractivity contribution >= 4 is 27.7 Å². The molecule has 1 N–H and O–H groups in total. The Bertz CT molecular complexity index is 589. The SMILES string of the molecule is CN1CCC(NC(=O)c2ccc(Br)c(C(F)(F)F)c2)C1=O. The summed E-state index contributed by atoms with van der Waals surface area (Å²) in [5.74, 6) is -0.932. The molecule has 1 aromatic carbocycles. The molecule has 1 heterocycles. The zero-order chi connectivity index (χ0) is 15.8. The van der Waals surface area contributed by atoms with Gasteiger partial charge in [-0.05, 0) is 24.6 Å². The third-order valence-corrected chi connectivity index (χ3v) is 3.96. The van der Waals surface area contributed by atoms with Crippen molar-refractivity contribution < 1.29 is 22.8 Å². The average Bonchev–Trinajstić information content (AvgIpc) is 2.70. The summed E-state index contributed by atoms with van der Waals surface area (Å²) < 4.78 is 38.2. The quantitative estimate of drug-likeness (QED) is 0.875. The van der Waals surface area contributed by atoms with Crippen molar-refractivity contribution in [3.63, 3.8) is 0 Å². The van der Waals surface area contributed by atoms with Gasteiger partial charge in [0.15, 0.2) is 0 Å². The van der Waals surface area contributed by atoms with E-state index in [-0.39, 0.29) is 15.9 Å². The van der Waals surface area contributed by atoms with Crippen LogP contribution in [-0.2, 0) is 11.0 Å². The zero-order valence-corrected chi connectivity index (χ0v) is 12.6. The van der Waals surface area contributed by atoms with Crippen LogP contribution < -0.4 is 5.32 Å². The molecule has 1 fully saturated rings. The third kappa shape index (κ3) is 3.37. The summed E-state index contributed by atoms with van der Waals surface area (Å²) >= 11 is 2.81. The van der Waals surface area contributed by atoms with E-state index in [4.69, 9.17) is 0 Å². The van der Waals surface area contributed by atoms with Crippen LogP contribution in [0.5, 0.6) is 0 Å². The first-order chi connectivity index (χ1) is 9.70. The van der Waals surface area contributed by atoms with Crippen LogP contribution in [0.25, 0.3) is 0 Å². The summed E-state index contributed by atoms with van der Waals surface area (Å²) in [6.07, 6.45) is -4.11. The molecule has 0 radical (unpaired) electrons. The Morgan fingerprint density at radius 3 is 2.62 bits per heavy atom. The molecule has 1 saturated heterocycles. The molecule has 0 bridgehead atoms. The summed E-state index contributed by atoms with van der Waals surface area (Å²) in [5, 5.41) is 2.46. The van der Waals surface area contributed by atoms with Crippen LogP contribution in [-0.4, -0.2) is 36.3 Å². The van der Waals surface area contributed by atoms with E-state index in [9.17, 15) is 22.8 Å². The minimum Gasteiger partial charge on any atom is -0.344 e. The van der Waals surface area contributed by atoms with Gasteiger partial charge in [-0.15, -0.1) is 0 Å². The van der Waals surface area contributed by atoms with Gasteiger partial charge in [-0.25, -0.2) is 0 Å². The molecular weight excluding hydrogens is 353 g/mol. The third-order valence-electron chi connectivity index (χ3n) is 3.27. The second-order valence-electron chi connectivity index (χ2n) is 4.77. The highest BCUT2D eigenvalue weighted by molar-refractivity contribution is 9.10. The Morgan fingerprint density at radius 1 is 1.43 bits per heavy atom. The number of likely N-dealkylation sites (tertiary alicyclic amines) is 1. The highest BCUT2D eigenvalue weighted by atomic mass is 79.9. The van der Waals surface area contributed by atoms with E-state index in [1.54, 1.807) is 7.05 Å². The van der Waals surface area contributed by atoms with E-state index in [0.717, 1.165) is 6.07 Å². The van der Waals surface area contributed by atoms with E-state index in [2.05, 4.69) is 21.2 Å². The molecule has 1 aliphatic heterocycles. The summed E-state index contributed by atoms with van der Waals surface area (Å²) in [6.45, 7) is 0.512. The number of benzene rings is 1. The van der Waals surface area contributed by atoms with Crippen LogP contribution >= 0.6 is 15.9 Å². The Labute approximate surface area is 127 Å². The van der Waals surface area contributed by atoms with Crippen LogP contribution in [0, 0.1) is 0 Å². The number of carbonyl (C=O) groups excluding carboxylic acids is 2. The van der Waals surface area contributed by atoms with Crippen molar-refractivity contribution in [1.29, 1.82) is 0 Å². The second kappa shape index (κ2) is 5.67. The normalized spacial score (nSPS) is 19.0. The summed E-state index contributed by atoms with van der Waals surface area (Å²) in [6, 6.07) is 2.53. The highest BCUT2D eigenvalue weighted by Gasteiger charge is 2.34. The van der Waals surface area contributed by atoms with Crippen molar-refractivity contribution in [3.05, 3.63) is 33.8 Å². The van der Waals surface area contributed by atoms with E-state index in [1.807, 2.05) is 0 Å². The highest BCUT2D eigenvalue weighted by Crippen LogP contribution is 2.35. The van der Waals surface area contributed by atoms with Crippen LogP contribution in [0.4, 0.5) is 13.2 Å². The molecule has 1 aromatic rings. The zero-order valence-electron chi connectivity index (χ0n) is 11.0. The van der Waals surface area contributed by atoms with Crippen molar-refractivity contribution in [1.82, 2.24) is 10.2 Å². The molecule has 2 rings (SSSR count). The maximum atomic E-state index is 12.8. The molecule has 0 saturated carbocycles. The van der Waals surface area contributed by atoms with Gasteiger partial charge < -0.3 is 10.2 Å². The number of amides is 2. The van der Waals surface area contributed by atoms with Gasteiger partial charge in [0.05, 0.1) is 5.56 Å². The van der Waals surface area contributed by atoms with Crippen LogP contribution in [0.1, 0.15) is 22.3 Å². The Hall–Kier alpha value is -1.57. The lowest BCUT2D eigenvalue weighted by Gasteiger charge is -2.14. The first-order valence-electron chi connectivity index (χ1n) is 6.12. The van der Waals surface area contributed by atoms with Crippen molar-refractivity contribution in [2.75, 3.05) is 13.6 Å². The lowest BCUT2D eigenvalue weighted by Crippen LogP contribution is -2.40. The molecule has 0 aromatic heterocycles. The number of likely N-dealkylation sites (N-methyl/N-ethyl adjacent to an activating group) is 1. The first kappa shape index (κ1) is 15.8. The largest absolute Gasteiger partial charge is 0.417 e. The number of rotatable bonds is 2. The molecule has 0 aliphatic carbocycles. The fraction of sp³-hybridized carbons (Fsp3) is 0.385. The van der Waals surface area contributed by atoms with Crippen LogP contribution in [0.15, 0.2) is 22.7 Å². The van der Waals surface area contributed by atoms with Crippen molar-refractivity contribution in [2.45, 2.75) is 18.6 Å². The standard InChI is InChI=1S/C13H12BrF3N2O2/c1-19-5-4-10(12(19)21)18-11(20)7-2-3-9(14)8(6-7)13(15,16)17/h2-3,6,10H,4-5H2,1H3,(H,18,20). The van der Waals surface area contributed by atoms with Gasteiger partial charge in [0.1, 0.15) is 6.04 Å². The van der Waals surface area contributed by atoms with Gasteiger partial charge in [0.25, 0.3) is 5.91 Å². The Morgan fingerprint density at radius 2 is 2.10 bits per heavy atom. The smallest absolute Gasteiger partial charge is 0.344 e. The fourth-order valence-corrected chi connectivity index (χ4v) is 2.55. The van der Waals surface area contributed by atoms with Gasteiger partial charge in [0, 0.05) is 23.6 Å². The first-order valence-corrected chi connectivity index (χ1v) is 6.92. The number of nitrogens with one attached hydrogen (secondary N) is 1. The molecule has 114 valence electrons.